The van der Waals surface area contributed by atoms with E-state index in [-0.39, 0.29) is 5.54 Å². The Morgan fingerprint density at radius 3 is 2.56 bits per heavy atom. The molecule has 2 fully saturated rings. The zero-order valence-corrected chi connectivity index (χ0v) is 10.7. The molecule has 0 bridgehead atoms. The second kappa shape index (κ2) is 4.74. The van der Waals surface area contributed by atoms with Crippen molar-refractivity contribution in [2.75, 3.05) is 26.7 Å². The van der Waals surface area contributed by atoms with Gasteiger partial charge in [-0.3, -0.25) is 4.79 Å². The van der Waals surface area contributed by atoms with Crippen LogP contribution in [0.15, 0.2) is 0 Å². The van der Waals surface area contributed by atoms with Gasteiger partial charge in [-0.1, -0.05) is 19.8 Å². The van der Waals surface area contributed by atoms with Crippen LogP contribution in [0, 0.1) is 0 Å². The average molecular weight is 224 g/mol. The van der Waals surface area contributed by atoms with Crippen molar-refractivity contribution in [3.05, 3.63) is 0 Å². The number of hydrogen-bond donors (Lipinski definition) is 0. The van der Waals surface area contributed by atoms with Crippen LogP contribution in [0.1, 0.15) is 45.4 Å². The zero-order chi connectivity index (χ0) is 11.6. The van der Waals surface area contributed by atoms with Gasteiger partial charge in [0.15, 0.2) is 0 Å². The summed E-state index contributed by atoms with van der Waals surface area (Å²) in [5, 5.41) is 0. The van der Waals surface area contributed by atoms with Crippen molar-refractivity contribution in [1.82, 2.24) is 9.80 Å². The molecular weight excluding hydrogens is 200 g/mol. The molecule has 1 saturated heterocycles. The minimum Gasteiger partial charge on any atom is -0.334 e. The molecule has 1 saturated carbocycles. The highest BCUT2D eigenvalue weighted by Gasteiger charge is 2.44. The lowest BCUT2D eigenvalue weighted by Crippen LogP contribution is -2.61. The highest BCUT2D eigenvalue weighted by atomic mass is 16.2. The maximum atomic E-state index is 12.2. The SMILES string of the molecule is CCCC(=O)N1CCN(C)CC12CCCC2. The van der Waals surface area contributed by atoms with Gasteiger partial charge in [-0.05, 0) is 26.3 Å². The third-order valence-corrected chi connectivity index (χ3v) is 4.14. The van der Waals surface area contributed by atoms with E-state index in [2.05, 4.69) is 23.8 Å². The lowest BCUT2D eigenvalue weighted by Gasteiger charge is -2.48. The fraction of sp³-hybridized carbons (Fsp3) is 0.923. The van der Waals surface area contributed by atoms with Crippen LogP contribution in [0.5, 0.6) is 0 Å². The maximum absolute atomic E-state index is 12.2. The molecule has 0 aromatic rings. The number of hydrogen-bond acceptors (Lipinski definition) is 2. The van der Waals surface area contributed by atoms with Crippen molar-refractivity contribution in [3.8, 4) is 0 Å². The third-order valence-electron chi connectivity index (χ3n) is 4.14. The quantitative estimate of drug-likeness (QED) is 0.715. The van der Waals surface area contributed by atoms with Crippen LogP contribution >= 0.6 is 0 Å². The molecule has 16 heavy (non-hydrogen) atoms. The summed E-state index contributed by atoms with van der Waals surface area (Å²) < 4.78 is 0. The Morgan fingerprint density at radius 2 is 1.94 bits per heavy atom. The summed E-state index contributed by atoms with van der Waals surface area (Å²) >= 11 is 0. The number of piperazine rings is 1. The van der Waals surface area contributed by atoms with Gasteiger partial charge in [-0.2, -0.15) is 0 Å². The second-order valence-electron chi connectivity index (χ2n) is 5.46. The molecule has 0 aromatic heterocycles. The standard InChI is InChI=1S/C13H24N2O/c1-3-6-12(16)15-10-9-14(2)11-13(15)7-4-5-8-13/h3-11H2,1-2H3. The van der Waals surface area contributed by atoms with Gasteiger partial charge in [0.1, 0.15) is 0 Å². The van der Waals surface area contributed by atoms with Gasteiger partial charge in [0.2, 0.25) is 5.91 Å². The Kier molecular flexibility index (Phi) is 3.53. The van der Waals surface area contributed by atoms with E-state index >= 15 is 0 Å². The number of likely N-dealkylation sites (N-methyl/N-ethyl adjacent to an activating group) is 1. The van der Waals surface area contributed by atoms with Crippen LogP contribution in [-0.2, 0) is 4.79 Å². The Bertz CT molecular complexity index is 259. The first-order valence-electron chi connectivity index (χ1n) is 6.67. The molecule has 0 aromatic carbocycles. The largest absolute Gasteiger partial charge is 0.334 e. The summed E-state index contributed by atoms with van der Waals surface area (Å²) in [6.45, 7) is 5.16. The lowest BCUT2D eigenvalue weighted by atomic mass is 9.91. The predicted molar refractivity (Wildman–Crippen MR) is 65.3 cm³/mol. The van der Waals surface area contributed by atoms with Crippen LogP contribution in [0.4, 0.5) is 0 Å². The molecule has 3 nitrogen and oxygen atoms in total. The van der Waals surface area contributed by atoms with Gasteiger partial charge in [-0.15, -0.1) is 0 Å². The van der Waals surface area contributed by atoms with Crippen LogP contribution in [0.25, 0.3) is 0 Å². The maximum Gasteiger partial charge on any atom is 0.223 e. The van der Waals surface area contributed by atoms with E-state index in [9.17, 15) is 4.79 Å². The number of nitrogens with zero attached hydrogens (tertiary/aromatic N) is 2. The Labute approximate surface area is 98.8 Å². The predicted octanol–water partition coefficient (Wildman–Crippen LogP) is 1.87. The molecule has 0 N–H and O–H groups in total. The van der Waals surface area contributed by atoms with Crippen LogP contribution in [0.3, 0.4) is 0 Å². The Hall–Kier alpha value is -0.570. The summed E-state index contributed by atoms with van der Waals surface area (Å²) in [6, 6.07) is 0. The molecule has 0 radical (unpaired) electrons. The summed E-state index contributed by atoms with van der Waals surface area (Å²) in [6.07, 6.45) is 6.72. The first-order chi connectivity index (χ1) is 7.68. The molecule has 1 heterocycles. The van der Waals surface area contributed by atoms with E-state index in [1.165, 1.54) is 25.7 Å². The summed E-state index contributed by atoms with van der Waals surface area (Å²) in [5.74, 6) is 0.387. The number of carbonyl (C=O) groups is 1. The van der Waals surface area contributed by atoms with Gasteiger partial charge < -0.3 is 9.80 Å². The number of carbonyl (C=O) groups excluding carboxylic acids is 1. The molecule has 1 aliphatic carbocycles. The zero-order valence-electron chi connectivity index (χ0n) is 10.7. The highest BCUT2D eigenvalue weighted by molar-refractivity contribution is 5.77. The third kappa shape index (κ3) is 2.10. The van der Waals surface area contributed by atoms with Gasteiger partial charge >= 0.3 is 0 Å². The fourth-order valence-corrected chi connectivity index (χ4v) is 3.37. The van der Waals surface area contributed by atoms with Gasteiger partial charge in [0, 0.05) is 26.1 Å². The van der Waals surface area contributed by atoms with E-state index < -0.39 is 0 Å². The smallest absolute Gasteiger partial charge is 0.223 e. The highest BCUT2D eigenvalue weighted by Crippen LogP contribution is 2.38. The van der Waals surface area contributed by atoms with Gasteiger partial charge in [0.25, 0.3) is 0 Å². The molecule has 1 spiro atoms. The Balaban J connectivity index is 2.12. The van der Waals surface area contributed by atoms with Crippen LogP contribution < -0.4 is 0 Å². The molecule has 0 unspecified atom stereocenters. The summed E-state index contributed by atoms with van der Waals surface area (Å²) in [7, 11) is 2.18. The van der Waals surface area contributed by atoms with Gasteiger partial charge in [-0.25, -0.2) is 0 Å². The molecule has 2 aliphatic rings. The topological polar surface area (TPSA) is 23.6 Å². The van der Waals surface area contributed by atoms with Gasteiger partial charge in [0.05, 0.1) is 5.54 Å². The minimum absolute atomic E-state index is 0.194. The molecular formula is C13H24N2O. The van der Waals surface area contributed by atoms with Crippen molar-refractivity contribution < 1.29 is 4.79 Å². The fourth-order valence-electron chi connectivity index (χ4n) is 3.37. The molecule has 3 heteroatoms. The van der Waals surface area contributed by atoms with Crippen molar-refractivity contribution in [1.29, 1.82) is 0 Å². The van der Waals surface area contributed by atoms with E-state index in [1.54, 1.807) is 0 Å². The average Bonchev–Trinajstić information content (AvgIpc) is 2.67. The molecule has 0 atom stereocenters. The molecule has 1 amide bonds. The monoisotopic (exact) mass is 224 g/mol. The molecule has 1 aliphatic heterocycles. The van der Waals surface area contributed by atoms with E-state index in [4.69, 9.17) is 0 Å². The van der Waals surface area contributed by atoms with Crippen molar-refractivity contribution in [3.63, 3.8) is 0 Å². The second-order valence-corrected chi connectivity index (χ2v) is 5.46. The van der Waals surface area contributed by atoms with E-state index in [1.807, 2.05) is 0 Å². The van der Waals surface area contributed by atoms with Crippen LogP contribution in [0.2, 0.25) is 0 Å². The first kappa shape index (κ1) is 11.9. The van der Waals surface area contributed by atoms with E-state index in [0.717, 1.165) is 32.5 Å². The summed E-state index contributed by atoms with van der Waals surface area (Å²) in [4.78, 5) is 16.8. The molecule has 92 valence electrons. The summed E-state index contributed by atoms with van der Waals surface area (Å²) in [5.41, 5.74) is 0.194. The lowest BCUT2D eigenvalue weighted by molar-refractivity contribution is -0.141. The van der Waals surface area contributed by atoms with Crippen molar-refractivity contribution >= 4 is 5.91 Å². The number of amides is 1. The normalized spacial score (nSPS) is 25.2. The van der Waals surface area contributed by atoms with Crippen molar-refractivity contribution in [2.45, 2.75) is 51.0 Å². The minimum atomic E-state index is 0.194. The Morgan fingerprint density at radius 1 is 1.25 bits per heavy atom. The first-order valence-corrected chi connectivity index (χ1v) is 6.67. The van der Waals surface area contributed by atoms with Crippen molar-refractivity contribution in [2.24, 2.45) is 0 Å². The van der Waals surface area contributed by atoms with E-state index in [0.29, 0.717) is 5.91 Å². The molecule has 2 rings (SSSR count). The number of rotatable bonds is 2. The van der Waals surface area contributed by atoms with Crippen LogP contribution in [-0.4, -0.2) is 47.9 Å².